The van der Waals surface area contributed by atoms with Crippen LogP contribution in [0, 0.1) is 5.92 Å². The molecule has 96 valence electrons. The maximum absolute atomic E-state index is 11.8. The highest BCUT2D eigenvalue weighted by molar-refractivity contribution is 5.85. The number of carbonyl (C=O) groups is 1. The zero-order valence-corrected chi connectivity index (χ0v) is 11.0. The lowest BCUT2D eigenvalue weighted by atomic mass is 9.91. The Hall–Kier alpha value is -0.320. The van der Waals surface area contributed by atoms with Gasteiger partial charge in [-0.05, 0) is 25.7 Å². The molecule has 1 fully saturated rings. The summed E-state index contributed by atoms with van der Waals surface area (Å²) in [6.45, 7) is 6.23. The molecule has 0 aliphatic carbocycles. The van der Waals surface area contributed by atoms with E-state index in [1.54, 1.807) is 0 Å². The predicted octanol–water partition coefficient (Wildman–Crippen LogP) is 1.03. The third-order valence-corrected chi connectivity index (χ3v) is 3.11. The van der Waals surface area contributed by atoms with Gasteiger partial charge < -0.3 is 15.4 Å². The molecule has 1 heterocycles. The van der Waals surface area contributed by atoms with E-state index in [0.29, 0.717) is 19.1 Å². The molecule has 0 saturated carbocycles. The van der Waals surface area contributed by atoms with Gasteiger partial charge >= 0.3 is 0 Å². The number of amides is 1. The summed E-state index contributed by atoms with van der Waals surface area (Å²) >= 11 is 0. The fraction of sp³-hybridized carbons (Fsp3) is 0.909. The van der Waals surface area contributed by atoms with Gasteiger partial charge in [-0.25, -0.2) is 0 Å². The maximum Gasteiger partial charge on any atom is 0.248 e. The van der Waals surface area contributed by atoms with Crippen molar-refractivity contribution in [2.45, 2.75) is 32.7 Å². The largest absolute Gasteiger partial charge is 0.372 e. The molecule has 2 atom stereocenters. The van der Waals surface area contributed by atoms with Crippen LogP contribution in [0.25, 0.3) is 0 Å². The normalized spacial score (nSPS) is 25.1. The van der Waals surface area contributed by atoms with Crippen molar-refractivity contribution >= 4 is 18.3 Å². The number of halogens is 1. The molecule has 0 aromatic rings. The number of likely N-dealkylation sites (tertiary alicyclic amines) is 1. The fourth-order valence-electron chi connectivity index (χ4n) is 2.19. The second kappa shape index (κ2) is 7.87. The maximum atomic E-state index is 11.8. The van der Waals surface area contributed by atoms with E-state index in [2.05, 4.69) is 6.92 Å². The number of hydrogen-bond acceptors (Lipinski definition) is 3. The molecule has 5 heteroatoms. The summed E-state index contributed by atoms with van der Waals surface area (Å²) in [4.78, 5) is 13.7. The number of carbonyl (C=O) groups excluding carboxylic acids is 1. The van der Waals surface area contributed by atoms with E-state index in [4.69, 9.17) is 10.5 Å². The summed E-state index contributed by atoms with van der Waals surface area (Å²) in [6, 6.07) is 0.201. The van der Waals surface area contributed by atoms with E-state index in [9.17, 15) is 4.79 Å². The number of rotatable bonds is 4. The lowest BCUT2D eigenvalue weighted by molar-refractivity contribution is -0.140. The monoisotopic (exact) mass is 250 g/mol. The van der Waals surface area contributed by atoms with Gasteiger partial charge in [0.05, 0.1) is 0 Å². The van der Waals surface area contributed by atoms with E-state index in [-0.39, 0.29) is 31.0 Å². The molecule has 2 unspecified atom stereocenters. The van der Waals surface area contributed by atoms with Crippen molar-refractivity contribution in [3.05, 3.63) is 0 Å². The Morgan fingerprint density at radius 1 is 1.56 bits per heavy atom. The Bertz CT molecular complexity index is 214. The molecule has 1 saturated heterocycles. The van der Waals surface area contributed by atoms with Gasteiger partial charge in [0.15, 0.2) is 0 Å². The molecule has 0 radical (unpaired) electrons. The molecule has 1 aliphatic heterocycles. The van der Waals surface area contributed by atoms with Crippen LogP contribution in [0.2, 0.25) is 0 Å². The van der Waals surface area contributed by atoms with E-state index in [0.717, 1.165) is 13.0 Å². The van der Waals surface area contributed by atoms with Crippen LogP contribution in [0.1, 0.15) is 26.7 Å². The number of hydrogen-bond donors (Lipinski definition) is 1. The highest BCUT2D eigenvalue weighted by Gasteiger charge is 2.30. The third kappa shape index (κ3) is 3.92. The van der Waals surface area contributed by atoms with E-state index in [1.165, 1.54) is 6.42 Å². The zero-order valence-electron chi connectivity index (χ0n) is 10.1. The minimum atomic E-state index is 0. The lowest BCUT2D eigenvalue weighted by Gasteiger charge is -2.39. The molecular weight excluding hydrogens is 228 g/mol. The first-order valence-corrected chi connectivity index (χ1v) is 5.78. The molecule has 0 spiro atoms. The highest BCUT2D eigenvalue weighted by Crippen LogP contribution is 2.22. The number of nitrogens with zero attached hydrogens (tertiary/aromatic N) is 1. The predicted molar refractivity (Wildman–Crippen MR) is 66.7 cm³/mol. The molecule has 0 bridgehead atoms. The molecule has 0 aromatic heterocycles. The minimum absolute atomic E-state index is 0. The summed E-state index contributed by atoms with van der Waals surface area (Å²) in [6.07, 6.45) is 2.25. The van der Waals surface area contributed by atoms with Gasteiger partial charge in [0.25, 0.3) is 0 Å². The summed E-state index contributed by atoms with van der Waals surface area (Å²) in [5.41, 5.74) is 5.72. The van der Waals surface area contributed by atoms with Crippen molar-refractivity contribution < 1.29 is 9.53 Å². The summed E-state index contributed by atoms with van der Waals surface area (Å²) in [5, 5.41) is 0. The zero-order chi connectivity index (χ0) is 11.3. The van der Waals surface area contributed by atoms with Crippen LogP contribution in [0.3, 0.4) is 0 Å². The summed E-state index contributed by atoms with van der Waals surface area (Å²) in [7, 11) is 0. The molecular formula is C11H23ClN2O2. The molecule has 2 N–H and O–H groups in total. The van der Waals surface area contributed by atoms with Crippen LogP contribution >= 0.6 is 12.4 Å². The van der Waals surface area contributed by atoms with E-state index >= 15 is 0 Å². The Kier molecular flexibility index (Phi) is 7.72. The molecule has 0 aromatic carbocycles. The topological polar surface area (TPSA) is 55.6 Å². The first-order valence-electron chi connectivity index (χ1n) is 5.78. The van der Waals surface area contributed by atoms with Crippen molar-refractivity contribution in [1.29, 1.82) is 0 Å². The van der Waals surface area contributed by atoms with Crippen LogP contribution in [-0.2, 0) is 9.53 Å². The van der Waals surface area contributed by atoms with Crippen molar-refractivity contribution in [1.82, 2.24) is 4.90 Å². The highest BCUT2D eigenvalue weighted by atomic mass is 35.5. The van der Waals surface area contributed by atoms with Gasteiger partial charge in [0, 0.05) is 25.7 Å². The van der Waals surface area contributed by atoms with Crippen molar-refractivity contribution in [2.24, 2.45) is 11.7 Å². The van der Waals surface area contributed by atoms with Gasteiger partial charge in [0.1, 0.15) is 6.61 Å². The van der Waals surface area contributed by atoms with Crippen molar-refractivity contribution in [2.75, 3.05) is 26.3 Å². The Morgan fingerprint density at radius 2 is 2.25 bits per heavy atom. The third-order valence-electron chi connectivity index (χ3n) is 3.11. The Balaban J connectivity index is 0.00000225. The second-order valence-electron chi connectivity index (χ2n) is 4.15. The fourth-order valence-corrected chi connectivity index (χ4v) is 2.19. The summed E-state index contributed by atoms with van der Waals surface area (Å²) < 4.78 is 5.14. The van der Waals surface area contributed by atoms with Gasteiger partial charge in [0.2, 0.25) is 5.91 Å². The average molecular weight is 251 g/mol. The van der Waals surface area contributed by atoms with Crippen LogP contribution in [0.15, 0.2) is 0 Å². The smallest absolute Gasteiger partial charge is 0.248 e. The van der Waals surface area contributed by atoms with Crippen LogP contribution in [-0.4, -0.2) is 43.2 Å². The van der Waals surface area contributed by atoms with E-state index in [1.807, 2.05) is 11.8 Å². The van der Waals surface area contributed by atoms with Gasteiger partial charge in [-0.15, -0.1) is 12.4 Å². The molecule has 1 rings (SSSR count). The quantitative estimate of drug-likeness (QED) is 0.811. The van der Waals surface area contributed by atoms with Crippen LogP contribution in [0.5, 0.6) is 0 Å². The van der Waals surface area contributed by atoms with Crippen LogP contribution in [0.4, 0.5) is 0 Å². The van der Waals surface area contributed by atoms with E-state index < -0.39 is 0 Å². The Morgan fingerprint density at radius 3 is 2.81 bits per heavy atom. The van der Waals surface area contributed by atoms with Crippen LogP contribution < -0.4 is 5.73 Å². The first-order chi connectivity index (χ1) is 7.20. The molecule has 16 heavy (non-hydrogen) atoms. The Labute approximate surface area is 104 Å². The van der Waals surface area contributed by atoms with Gasteiger partial charge in [-0.1, -0.05) is 6.92 Å². The molecule has 1 amide bonds. The summed E-state index contributed by atoms with van der Waals surface area (Å²) in [5.74, 6) is 0.591. The number of piperidine rings is 1. The van der Waals surface area contributed by atoms with Crippen molar-refractivity contribution in [3.63, 3.8) is 0 Å². The SMILES string of the molecule is CCOCC(=O)N1CCCC(C)C1CN.Cl. The molecule has 4 nitrogen and oxygen atoms in total. The number of ether oxygens (including phenoxy) is 1. The first kappa shape index (κ1) is 15.7. The average Bonchev–Trinajstić information content (AvgIpc) is 2.25. The standard InChI is InChI=1S/C11H22N2O2.ClH/c1-3-15-8-11(14)13-6-4-5-9(2)10(13)7-12;/h9-10H,3-8,12H2,1-2H3;1H. The van der Waals surface area contributed by atoms with Gasteiger partial charge in [-0.2, -0.15) is 0 Å². The second-order valence-corrected chi connectivity index (χ2v) is 4.15. The molecule has 1 aliphatic rings. The number of nitrogens with two attached hydrogens (primary N) is 1. The van der Waals surface area contributed by atoms with Crippen molar-refractivity contribution in [3.8, 4) is 0 Å². The lowest BCUT2D eigenvalue weighted by Crippen LogP contribution is -2.52. The van der Waals surface area contributed by atoms with Gasteiger partial charge in [-0.3, -0.25) is 4.79 Å². The minimum Gasteiger partial charge on any atom is -0.372 e.